The summed E-state index contributed by atoms with van der Waals surface area (Å²) in [5.74, 6) is 0.282. The van der Waals surface area contributed by atoms with Gasteiger partial charge in [0.05, 0.1) is 35.3 Å². The van der Waals surface area contributed by atoms with Gasteiger partial charge in [0.2, 0.25) is 0 Å². The minimum Gasteiger partial charge on any atom is -0.497 e. The van der Waals surface area contributed by atoms with E-state index in [2.05, 4.69) is 5.32 Å². The second-order valence-corrected chi connectivity index (χ2v) is 8.63. The Balaban J connectivity index is 2.07. The summed E-state index contributed by atoms with van der Waals surface area (Å²) < 4.78 is 21.2. The second kappa shape index (κ2) is 9.17. The molecule has 0 fully saturated rings. The first-order valence-corrected chi connectivity index (χ1v) is 11.2. The van der Waals surface area contributed by atoms with Crippen LogP contribution in [0.4, 0.5) is 15.8 Å². The minimum atomic E-state index is -0.501. The zero-order chi connectivity index (χ0) is 24.6. The summed E-state index contributed by atoms with van der Waals surface area (Å²) >= 11 is 0. The lowest BCUT2D eigenvalue weighted by Crippen LogP contribution is -2.26. The number of nitrogens with zero attached hydrogens (tertiary/aromatic N) is 2. The first kappa shape index (κ1) is 23.3. The summed E-state index contributed by atoms with van der Waals surface area (Å²) in [7, 11) is 3.42. The molecule has 0 unspecified atom stereocenters. The Morgan fingerprint density at radius 3 is 2.50 bits per heavy atom. The number of hydrogen-bond donors (Lipinski definition) is 2. The number of methoxy groups -OCH3 is 1. The van der Waals surface area contributed by atoms with E-state index in [9.17, 15) is 9.18 Å². The van der Waals surface area contributed by atoms with Crippen LogP contribution in [0.1, 0.15) is 36.7 Å². The van der Waals surface area contributed by atoms with E-state index < -0.39 is 5.82 Å². The van der Waals surface area contributed by atoms with Gasteiger partial charge in [0.1, 0.15) is 11.6 Å². The van der Waals surface area contributed by atoms with Crippen LogP contribution < -0.4 is 21.3 Å². The molecule has 0 atom stereocenters. The van der Waals surface area contributed by atoms with Crippen LogP contribution in [0.5, 0.6) is 5.75 Å². The Morgan fingerprint density at radius 2 is 1.88 bits per heavy atom. The molecule has 34 heavy (non-hydrogen) atoms. The highest BCUT2D eigenvalue weighted by molar-refractivity contribution is 6.01. The van der Waals surface area contributed by atoms with Crippen LogP contribution in [0, 0.1) is 12.7 Å². The van der Waals surface area contributed by atoms with Crippen molar-refractivity contribution >= 4 is 22.3 Å². The van der Waals surface area contributed by atoms with Gasteiger partial charge in [-0.3, -0.25) is 9.78 Å². The molecule has 2 aromatic heterocycles. The molecule has 0 aliphatic heterocycles. The Hall–Kier alpha value is -3.87. The molecular formula is C27H29FN4O2. The van der Waals surface area contributed by atoms with E-state index in [1.807, 2.05) is 44.2 Å². The van der Waals surface area contributed by atoms with Gasteiger partial charge in [0.15, 0.2) is 0 Å². The Morgan fingerprint density at radius 1 is 1.18 bits per heavy atom. The van der Waals surface area contributed by atoms with Gasteiger partial charge < -0.3 is 20.4 Å². The topological polar surface area (TPSA) is 82.2 Å². The van der Waals surface area contributed by atoms with Gasteiger partial charge in [-0.1, -0.05) is 12.1 Å². The van der Waals surface area contributed by atoms with E-state index in [0.717, 1.165) is 27.9 Å². The summed E-state index contributed by atoms with van der Waals surface area (Å²) in [5, 5.41) is 4.10. The highest BCUT2D eigenvalue weighted by Gasteiger charge is 2.23. The third-order valence-corrected chi connectivity index (χ3v) is 6.11. The summed E-state index contributed by atoms with van der Waals surface area (Å²) in [5.41, 5.74) is 10.8. The SMILES string of the molecule is CNc1c(-c2cc(N)c(F)cc2C)c(=O)n(C(C)C)c2ccnc(Cc3ccc(OC)cc3)c12. The quantitative estimate of drug-likeness (QED) is 0.381. The van der Waals surface area contributed by atoms with Crippen molar-refractivity contribution in [2.75, 3.05) is 25.2 Å². The van der Waals surface area contributed by atoms with Crippen LogP contribution in [0.15, 0.2) is 53.5 Å². The number of anilines is 2. The van der Waals surface area contributed by atoms with Crippen molar-refractivity contribution in [3.8, 4) is 16.9 Å². The zero-order valence-electron chi connectivity index (χ0n) is 20.1. The number of nitrogens with two attached hydrogens (primary N) is 1. The zero-order valence-corrected chi connectivity index (χ0v) is 20.1. The fourth-order valence-electron chi connectivity index (χ4n) is 4.47. The third-order valence-electron chi connectivity index (χ3n) is 6.11. The van der Waals surface area contributed by atoms with Crippen molar-refractivity contribution in [1.82, 2.24) is 9.55 Å². The molecule has 0 radical (unpaired) electrons. The maximum atomic E-state index is 14.1. The molecule has 0 bridgehead atoms. The summed E-state index contributed by atoms with van der Waals surface area (Å²) in [4.78, 5) is 18.5. The molecule has 4 aromatic rings. The van der Waals surface area contributed by atoms with Crippen molar-refractivity contribution in [2.24, 2.45) is 0 Å². The number of hydrogen-bond acceptors (Lipinski definition) is 5. The number of nitrogens with one attached hydrogen (secondary N) is 1. The van der Waals surface area contributed by atoms with E-state index in [4.69, 9.17) is 15.5 Å². The smallest absolute Gasteiger partial charge is 0.261 e. The number of pyridine rings is 2. The summed E-state index contributed by atoms with van der Waals surface area (Å²) in [6, 6.07) is 12.5. The standard InChI is InChI=1S/C27H29FN4O2/c1-15(2)32-23-10-11-31-22(13-17-6-8-18(34-5)9-7-17)25(23)26(30-4)24(27(32)33)19-14-21(29)20(28)12-16(19)3/h6-12,14-15,30H,13,29H2,1-5H3. The molecule has 2 heterocycles. The van der Waals surface area contributed by atoms with Crippen LogP contribution in [0.2, 0.25) is 0 Å². The van der Waals surface area contributed by atoms with Crippen molar-refractivity contribution in [3.63, 3.8) is 0 Å². The lowest BCUT2D eigenvalue weighted by atomic mass is 9.95. The maximum Gasteiger partial charge on any atom is 0.261 e. The molecule has 0 saturated heterocycles. The molecule has 0 aliphatic carbocycles. The average Bonchev–Trinajstić information content (AvgIpc) is 2.81. The number of halogens is 1. The van der Waals surface area contributed by atoms with Crippen LogP contribution in [0.25, 0.3) is 22.0 Å². The lowest BCUT2D eigenvalue weighted by Gasteiger charge is -2.22. The molecular weight excluding hydrogens is 431 g/mol. The molecule has 3 N–H and O–H groups in total. The third kappa shape index (κ3) is 3.98. The number of rotatable bonds is 6. The van der Waals surface area contributed by atoms with Crippen LogP contribution >= 0.6 is 0 Å². The molecule has 6 nitrogen and oxygen atoms in total. The normalized spacial score (nSPS) is 11.3. The summed E-state index contributed by atoms with van der Waals surface area (Å²) in [6.07, 6.45) is 2.30. The molecule has 0 saturated carbocycles. The number of fused-ring (bicyclic) bond motifs is 1. The van der Waals surface area contributed by atoms with Crippen molar-refractivity contribution < 1.29 is 9.13 Å². The Labute approximate surface area is 198 Å². The van der Waals surface area contributed by atoms with Crippen molar-refractivity contribution in [2.45, 2.75) is 33.2 Å². The molecule has 2 aromatic carbocycles. The van der Waals surface area contributed by atoms with Gasteiger partial charge >= 0.3 is 0 Å². The monoisotopic (exact) mass is 460 g/mol. The highest BCUT2D eigenvalue weighted by Crippen LogP contribution is 2.37. The van der Waals surface area contributed by atoms with Gasteiger partial charge in [-0.2, -0.15) is 0 Å². The molecule has 7 heteroatoms. The number of aryl methyl sites for hydroxylation is 1. The van der Waals surface area contributed by atoms with E-state index in [1.165, 1.54) is 12.1 Å². The average molecular weight is 461 g/mol. The van der Waals surface area contributed by atoms with Gasteiger partial charge in [-0.05, 0) is 67.8 Å². The summed E-state index contributed by atoms with van der Waals surface area (Å²) in [6.45, 7) is 5.72. The first-order valence-electron chi connectivity index (χ1n) is 11.2. The maximum absolute atomic E-state index is 14.1. The van der Waals surface area contributed by atoms with E-state index in [-0.39, 0.29) is 17.3 Å². The molecule has 0 spiro atoms. The van der Waals surface area contributed by atoms with Crippen molar-refractivity contribution in [1.29, 1.82) is 0 Å². The van der Waals surface area contributed by atoms with E-state index >= 15 is 0 Å². The van der Waals surface area contributed by atoms with Crippen LogP contribution in [-0.4, -0.2) is 23.7 Å². The number of nitrogen functional groups attached to an aromatic ring is 1. The van der Waals surface area contributed by atoms with Gasteiger partial charge in [-0.25, -0.2) is 4.39 Å². The fourth-order valence-corrected chi connectivity index (χ4v) is 4.47. The lowest BCUT2D eigenvalue weighted by molar-refractivity contribution is 0.414. The highest BCUT2D eigenvalue weighted by atomic mass is 19.1. The Kier molecular flexibility index (Phi) is 6.28. The first-order chi connectivity index (χ1) is 16.3. The number of ether oxygens (including phenoxy) is 1. The molecule has 176 valence electrons. The van der Waals surface area contributed by atoms with Gasteiger partial charge in [-0.15, -0.1) is 0 Å². The molecule has 0 amide bonds. The second-order valence-electron chi connectivity index (χ2n) is 8.63. The van der Waals surface area contributed by atoms with Crippen LogP contribution in [0.3, 0.4) is 0 Å². The number of benzene rings is 2. The number of aromatic nitrogens is 2. The van der Waals surface area contributed by atoms with Gasteiger partial charge in [0.25, 0.3) is 5.56 Å². The fraction of sp³-hybridized carbons (Fsp3) is 0.259. The van der Waals surface area contributed by atoms with E-state index in [1.54, 1.807) is 31.8 Å². The van der Waals surface area contributed by atoms with Crippen LogP contribution in [-0.2, 0) is 6.42 Å². The largest absolute Gasteiger partial charge is 0.497 e. The predicted molar refractivity (Wildman–Crippen MR) is 136 cm³/mol. The predicted octanol–water partition coefficient (Wildman–Crippen LogP) is 5.32. The van der Waals surface area contributed by atoms with Crippen molar-refractivity contribution in [3.05, 3.63) is 81.7 Å². The van der Waals surface area contributed by atoms with E-state index in [0.29, 0.717) is 28.8 Å². The molecule has 0 aliphatic rings. The Bertz CT molecular complexity index is 1430. The van der Waals surface area contributed by atoms with Gasteiger partial charge in [0, 0.05) is 31.1 Å². The minimum absolute atomic E-state index is 0.00268. The molecule has 4 rings (SSSR count).